The zero-order valence-corrected chi connectivity index (χ0v) is 11.8. The second kappa shape index (κ2) is 4.91. The van der Waals surface area contributed by atoms with Gasteiger partial charge in [-0.2, -0.15) is 0 Å². The van der Waals surface area contributed by atoms with Crippen LogP contribution in [-0.4, -0.2) is 12.9 Å². The Morgan fingerprint density at radius 3 is 2.74 bits per heavy atom. The van der Waals surface area contributed by atoms with E-state index in [2.05, 4.69) is 0 Å². The average molecular weight is 291 g/mol. The summed E-state index contributed by atoms with van der Waals surface area (Å²) < 4.78 is 5.18. The van der Waals surface area contributed by atoms with E-state index in [1.54, 1.807) is 24.9 Å². The number of halogens is 1. The smallest absolute Gasteiger partial charge is 0.168 e. The molecule has 0 radical (unpaired) electrons. The van der Waals surface area contributed by atoms with Crippen molar-refractivity contribution >= 4 is 29.1 Å². The Balaban J connectivity index is 2.12. The third-order valence-electron chi connectivity index (χ3n) is 3.08. The van der Waals surface area contributed by atoms with E-state index in [1.807, 2.05) is 30.3 Å². The van der Waals surface area contributed by atoms with Gasteiger partial charge in [0.2, 0.25) is 0 Å². The molecule has 1 aliphatic rings. The maximum Gasteiger partial charge on any atom is 0.168 e. The van der Waals surface area contributed by atoms with Crippen molar-refractivity contribution in [2.45, 2.75) is 16.2 Å². The van der Waals surface area contributed by atoms with Gasteiger partial charge in [-0.1, -0.05) is 23.4 Å². The maximum absolute atomic E-state index is 12.3. The lowest BCUT2D eigenvalue weighted by Gasteiger charge is -2.06. The fourth-order valence-corrected chi connectivity index (χ4v) is 3.36. The number of methoxy groups -OCH3 is 1. The largest absolute Gasteiger partial charge is 0.497 e. The van der Waals surface area contributed by atoms with Crippen molar-refractivity contribution in [2.75, 3.05) is 7.11 Å². The first-order valence-electron chi connectivity index (χ1n) is 5.85. The fraction of sp³-hybridized carbons (Fsp3) is 0.133. The zero-order valence-electron chi connectivity index (χ0n) is 10.3. The summed E-state index contributed by atoms with van der Waals surface area (Å²) in [6, 6.07) is 11.3. The van der Waals surface area contributed by atoms with Crippen LogP contribution in [0, 0.1) is 0 Å². The van der Waals surface area contributed by atoms with Gasteiger partial charge in [-0.05, 0) is 42.0 Å². The van der Waals surface area contributed by atoms with E-state index in [-0.39, 0.29) is 5.78 Å². The molecule has 1 aliphatic heterocycles. The molecule has 1 heterocycles. The van der Waals surface area contributed by atoms with Crippen LogP contribution >= 0.6 is 23.4 Å². The molecule has 19 heavy (non-hydrogen) atoms. The molecule has 0 saturated carbocycles. The lowest BCUT2D eigenvalue weighted by Crippen LogP contribution is -2.03. The van der Waals surface area contributed by atoms with Gasteiger partial charge in [0.05, 0.1) is 7.11 Å². The van der Waals surface area contributed by atoms with E-state index < -0.39 is 0 Å². The van der Waals surface area contributed by atoms with Crippen LogP contribution < -0.4 is 4.74 Å². The second-order valence-corrected chi connectivity index (χ2v) is 5.84. The van der Waals surface area contributed by atoms with E-state index in [9.17, 15) is 4.79 Å². The van der Waals surface area contributed by atoms with Crippen LogP contribution in [0.5, 0.6) is 5.75 Å². The molecule has 0 unspecified atom stereocenters. The molecule has 2 aromatic rings. The molecule has 0 fully saturated rings. The van der Waals surface area contributed by atoms with Crippen molar-refractivity contribution in [2.24, 2.45) is 0 Å². The van der Waals surface area contributed by atoms with Crippen LogP contribution in [0.3, 0.4) is 0 Å². The van der Waals surface area contributed by atoms with E-state index >= 15 is 0 Å². The molecule has 0 aliphatic carbocycles. The fourth-order valence-electron chi connectivity index (χ4n) is 2.12. The highest BCUT2D eigenvalue weighted by molar-refractivity contribution is 7.99. The molecule has 0 atom stereocenters. The molecule has 96 valence electrons. The first-order valence-corrected chi connectivity index (χ1v) is 7.04. The third kappa shape index (κ3) is 2.36. The number of fused-ring (bicyclic) bond motifs is 2. The van der Waals surface area contributed by atoms with Gasteiger partial charge in [-0.15, -0.1) is 0 Å². The van der Waals surface area contributed by atoms with Crippen LogP contribution in [-0.2, 0) is 6.42 Å². The van der Waals surface area contributed by atoms with E-state index in [0.29, 0.717) is 17.2 Å². The molecule has 3 rings (SSSR count). The molecule has 0 spiro atoms. The highest BCUT2D eigenvalue weighted by Gasteiger charge is 2.21. The molecular weight excluding hydrogens is 280 g/mol. The zero-order chi connectivity index (χ0) is 13.4. The van der Waals surface area contributed by atoms with Gasteiger partial charge in [0.15, 0.2) is 5.78 Å². The molecule has 0 amide bonds. The summed E-state index contributed by atoms with van der Waals surface area (Å²) in [7, 11) is 1.60. The summed E-state index contributed by atoms with van der Waals surface area (Å²) in [5, 5.41) is 0.663. The summed E-state index contributed by atoms with van der Waals surface area (Å²) in [5.41, 5.74) is 1.70. The van der Waals surface area contributed by atoms with E-state index in [4.69, 9.17) is 16.3 Å². The lowest BCUT2D eigenvalue weighted by atomic mass is 10.0. The van der Waals surface area contributed by atoms with E-state index in [0.717, 1.165) is 20.9 Å². The number of ketones is 1. The van der Waals surface area contributed by atoms with Gasteiger partial charge in [0, 0.05) is 26.8 Å². The molecule has 0 N–H and O–H groups in total. The number of carbonyl (C=O) groups is 1. The quantitative estimate of drug-likeness (QED) is 0.786. The molecule has 4 heteroatoms. The Kier molecular flexibility index (Phi) is 3.25. The summed E-state index contributed by atoms with van der Waals surface area (Å²) in [6.45, 7) is 0. The van der Waals surface area contributed by atoms with Gasteiger partial charge in [0.1, 0.15) is 5.75 Å². The molecule has 0 saturated heterocycles. The van der Waals surface area contributed by atoms with Gasteiger partial charge in [0.25, 0.3) is 0 Å². The molecule has 0 aromatic heterocycles. The van der Waals surface area contributed by atoms with Crippen molar-refractivity contribution < 1.29 is 9.53 Å². The Labute approximate surface area is 120 Å². The first kappa shape index (κ1) is 12.6. The highest BCUT2D eigenvalue weighted by Crippen LogP contribution is 2.39. The van der Waals surface area contributed by atoms with Crippen LogP contribution in [0.15, 0.2) is 46.2 Å². The molecule has 2 nitrogen and oxygen atoms in total. The molecule has 0 bridgehead atoms. The van der Waals surface area contributed by atoms with Crippen molar-refractivity contribution in [1.82, 2.24) is 0 Å². The van der Waals surface area contributed by atoms with Crippen LogP contribution in [0.1, 0.15) is 15.9 Å². The Bertz CT molecular complexity index is 667. The minimum Gasteiger partial charge on any atom is -0.497 e. The number of hydrogen-bond acceptors (Lipinski definition) is 3. The van der Waals surface area contributed by atoms with Crippen LogP contribution in [0.2, 0.25) is 5.02 Å². The minimum atomic E-state index is 0.0995. The predicted octanol–water partition coefficient (Wildman–Crippen LogP) is 4.24. The van der Waals surface area contributed by atoms with Gasteiger partial charge < -0.3 is 4.74 Å². The standard InChI is InChI=1S/C15H11ClO2S/c1-18-11-3-5-15-12(8-11)13(17)7-9-6-10(16)2-4-14(9)19-15/h2-6,8H,7H2,1H3. The van der Waals surface area contributed by atoms with Gasteiger partial charge in [-0.25, -0.2) is 0 Å². The van der Waals surface area contributed by atoms with Gasteiger partial charge in [-0.3, -0.25) is 4.79 Å². The number of Topliss-reactive ketones (excluding diaryl/α,β-unsaturated/α-hetero) is 1. The second-order valence-electron chi connectivity index (χ2n) is 4.32. The summed E-state index contributed by atoms with van der Waals surface area (Å²) >= 11 is 7.60. The van der Waals surface area contributed by atoms with E-state index in [1.165, 1.54) is 0 Å². The summed E-state index contributed by atoms with van der Waals surface area (Å²) in [5.74, 6) is 0.805. The molecular formula is C15H11ClO2S. The number of benzene rings is 2. The van der Waals surface area contributed by atoms with Crippen LogP contribution in [0.25, 0.3) is 0 Å². The lowest BCUT2D eigenvalue weighted by molar-refractivity contribution is 0.0990. The normalized spacial score (nSPS) is 13.5. The number of hydrogen-bond donors (Lipinski definition) is 0. The Morgan fingerprint density at radius 2 is 1.95 bits per heavy atom. The minimum absolute atomic E-state index is 0.0995. The number of ether oxygens (including phenoxy) is 1. The van der Waals surface area contributed by atoms with Crippen molar-refractivity contribution in [3.05, 3.63) is 52.5 Å². The predicted molar refractivity (Wildman–Crippen MR) is 76.6 cm³/mol. The third-order valence-corrected chi connectivity index (χ3v) is 4.51. The highest BCUT2D eigenvalue weighted by atomic mass is 35.5. The van der Waals surface area contributed by atoms with Crippen molar-refractivity contribution in [1.29, 1.82) is 0 Å². The SMILES string of the molecule is COc1ccc2c(c1)C(=O)Cc1cc(Cl)ccc1S2. The maximum atomic E-state index is 12.3. The van der Waals surface area contributed by atoms with Crippen LogP contribution in [0.4, 0.5) is 0 Å². The monoisotopic (exact) mass is 290 g/mol. The van der Waals surface area contributed by atoms with Crippen molar-refractivity contribution in [3.8, 4) is 5.75 Å². The number of rotatable bonds is 1. The van der Waals surface area contributed by atoms with Gasteiger partial charge >= 0.3 is 0 Å². The Morgan fingerprint density at radius 1 is 1.16 bits per heavy atom. The molecule has 2 aromatic carbocycles. The summed E-state index contributed by atoms with van der Waals surface area (Å²) in [4.78, 5) is 14.4. The average Bonchev–Trinajstić information content (AvgIpc) is 2.54. The first-order chi connectivity index (χ1) is 9.17. The number of carbonyl (C=O) groups excluding carboxylic acids is 1. The van der Waals surface area contributed by atoms with Crippen molar-refractivity contribution in [3.63, 3.8) is 0 Å². The Hall–Kier alpha value is -1.45. The topological polar surface area (TPSA) is 26.3 Å². The summed E-state index contributed by atoms with van der Waals surface area (Å²) in [6.07, 6.45) is 0.378.